The number of aromatic nitrogens is 2. The Bertz CT molecular complexity index is 797. The summed E-state index contributed by atoms with van der Waals surface area (Å²) in [6.45, 7) is 1.75. The Kier molecular flexibility index (Phi) is 4.34. The molecule has 3 rings (SSSR count). The van der Waals surface area contributed by atoms with Crippen molar-refractivity contribution < 1.29 is 12.9 Å². The van der Waals surface area contributed by atoms with E-state index in [2.05, 4.69) is 10.1 Å². The number of nitrogens with zero attached hydrogens (tertiary/aromatic N) is 2. The smallest absolute Gasteiger partial charge is 0.258 e. The van der Waals surface area contributed by atoms with Gasteiger partial charge in [-0.05, 0) is 43.9 Å². The van der Waals surface area contributed by atoms with E-state index < -0.39 is 15.4 Å². The van der Waals surface area contributed by atoms with Crippen LogP contribution in [0.15, 0.2) is 27.6 Å². The van der Waals surface area contributed by atoms with E-state index in [1.807, 2.05) is 0 Å². The Morgan fingerprint density at radius 2 is 2.00 bits per heavy atom. The molecule has 1 aliphatic carbocycles. The maximum absolute atomic E-state index is 11.8. The van der Waals surface area contributed by atoms with E-state index in [1.54, 1.807) is 25.1 Å². The highest BCUT2D eigenvalue weighted by Crippen LogP contribution is 2.37. The minimum absolute atomic E-state index is 0. The zero-order valence-electron chi connectivity index (χ0n) is 12.4. The molecule has 22 heavy (non-hydrogen) atoms. The molecule has 0 radical (unpaired) electrons. The van der Waals surface area contributed by atoms with Crippen LogP contribution in [0, 0.1) is 6.92 Å². The Hall–Kier alpha value is -1.44. The van der Waals surface area contributed by atoms with Crippen LogP contribution in [0.5, 0.6) is 0 Å². The number of halogens is 1. The van der Waals surface area contributed by atoms with Crippen molar-refractivity contribution in [3.63, 3.8) is 0 Å². The molecule has 6 nitrogen and oxygen atoms in total. The Labute approximate surface area is 135 Å². The highest BCUT2D eigenvalue weighted by Gasteiger charge is 2.39. The Morgan fingerprint density at radius 1 is 1.32 bits per heavy atom. The lowest BCUT2D eigenvalue weighted by Gasteiger charge is -2.34. The quantitative estimate of drug-likeness (QED) is 0.917. The fourth-order valence-corrected chi connectivity index (χ4v) is 3.45. The van der Waals surface area contributed by atoms with Crippen LogP contribution in [0.4, 0.5) is 0 Å². The first kappa shape index (κ1) is 16.9. The molecule has 1 saturated carbocycles. The van der Waals surface area contributed by atoms with Crippen LogP contribution in [0.1, 0.15) is 30.7 Å². The zero-order chi connectivity index (χ0) is 15.3. The van der Waals surface area contributed by atoms with E-state index in [4.69, 9.17) is 10.3 Å². The van der Waals surface area contributed by atoms with Gasteiger partial charge < -0.3 is 10.3 Å². The van der Waals surface area contributed by atoms with E-state index in [1.165, 1.54) is 6.26 Å². The summed E-state index contributed by atoms with van der Waals surface area (Å²) >= 11 is 0. The van der Waals surface area contributed by atoms with Crippen LogP contribution in [-0.2, 0) is 15.4 Å². The first-order valence-corrected chi connectivity index (χ1v) is 8.63. The average Bonchev–Trinajstić information content (AvgIpc) is 2.85. The van der Waals surface area contributed by atoms with Crippen LogP contribution >= 0.6 is 12.4 Å². The highest BCUT2D eigenvalue weighted by atomic mass is 35.5. The van der Waals surface area contributed by atoms with Crippen LogP contribution in [0.3, 0.4) is 0 Å². The number of sulfone groups is 1. The zero-order valence-corrected chi connectivity index (χ0v) is 14.0. The van der Waals surface area contributed by atoms with Crippen molar-refractivity contribution in [1.82, 2.24) is 10.1 Å². The normalized spacial score (nSPS) is 16.7. The first-order valence-electron chi connectivity index (χ1n) is 6.74. The number of aryl methyl sites for hydroxylation is 1. The van der Waals surface area contributed by atoms with E-state index in [0.717, 1.165) is 19.3 Å². The maximum Gasteiger partial charge on any atom is 0.258 e. The fraction of sp³-hybridized carbons (Fsp3) is 0.429. The predicted molar refractivity (Wildman–Crippen MR) is 84.5 cm³/mol. The summed E-state index contributed by atoms with van der Waals surface area (Å²) in [5.74, 6) is 0.789. The lowest BCUT2D eigenvalue weighted by molar-refractivity contribution is 0.229. The Balaban J connectivity index is 0.00000176. The van der Waals surface area contributed by atoms with Crippen LogP contribution < -0.4 is 5.73 Å². The summed E-state index contributed by atoms with van der Waals surface area (Å²) in [6.07, 6.45) is 3.92. The van der Waals surface area contributed by atoms with E-state index in [9.17, 15) is 8.42 Å². The topological polar surface area (TPSA) is 99.1 Å². The molecule has 1 heterocycles. The predicted octanol–water partition coefficient (Wildman–Crippen LogP) is 2.21. The molecule has 0 amide bonds. The standard InChI is InChI=1S/C14H17N3O3S.ClH/c1-9-4-5-10(8-11(9)21(2,18)19)12-16-13(17-20-12)14(15)6-3-7-14;/h4-5,8H,3,6-7,15H2,1-2H3;1H. The van der Waals surface area contributed by atoms with Crippen molar-refractivity contribution >= 4 is 22.2 Å². The van der Waals surface area contributed by atoms with Gasteiger partial charge in [-0.25, -0.2) is 8.42 Å². The van der Waals surface area contributed by atoms with Crippen molar-refractivity contribution in [3.8, 4) is 11.5 Å². The second kappa shape index (κ2) is 5.64. The lowest BCUT2D eigenvalue weighted by atomic mass is 9.77. The van der Waals surface area contributed by atoms with Gasteiger partial charge in [0.1, 0.15) is 0 Å². The average molecular weight is 344 g/mol. The summed E-state index contributed by atoms with van der Waals surface area (Å²) in [4.78, 5) is 4.60. The first-order chi connectivity index (χ1) is 9.79. The minimum Gasteiger partial charge on any atom is -0.334 e. The van der Waals surface area contributed by atoms with Gasteiger partial charge in [0.2, 0.25) is 0 Å². The van der Waals surface area contributed by atoms with Gasteiger partial charge >= 0.3 is 0 Å². The third-order valence-corrected chi connectivity index (χ3v) is 5.19. The summed E-state index contributed by atoms with van der Waals surface area (Å²) in [5, 5.41) is 3.94. The van der Waals surface area contributed by atoms with Crippen molar-refractivity contribution in [3.05, 3.63) is 29.6 Å². The second-order valence-corrected chi connectivity index (χ2v) is 7.67. The van der Waals surface area contributed by atoms with Crippen LogP contribution in [-0.4, -0.2) is 24.8 Å². The maximum atomic E-state index is 11.8. The van der Waals surface area contributed by atoms with E-state index >= 15 is 0 Å². The van der Waals surface area contributed by atoms with E-state index in [-0.39, 0.29) is 17.3 Å². The summed E-state index contributed by atoms with van der Waals surface area (Å²) in [7, 11) is -3.29. The fourth-order valence-electron chi connectivity index (χ4n) is 2.46. The number of hydrogen-bond donors (Lipinski definition) is 1. The van der Waals surface area contributed by atoms with Gasteiger partial charge in [0.05, 0.1) is 10.4 Å². The molecule has 1 aliphatic rings. The molecule has 0 spiro atoms. The van der Waals surface area contributed by atoms with Gasteiger partial charge in [-0.3, -0.25) is 0 Å². The molecular formula is C14H18ClN3O3S. The molecule has 0 saturated heterocycles. The van der Waals surface area contributed by atoms with Gasteiger partial charge in [0.15, 0.2) is 15.7 Å². The summed E-state index contributed by atoms with van der Waals surface area (Å²) in [6, 6.07) is 5.06. The third kappa shape index (κ3) is 2.88. The molecule has 2 N–H and O–H groups in total. The highest BCUT2D eigenvalue weighted by molar-refractivity contribution is 7.90. The van der Waals surface area contributed by atoms with Crippen LogP contribution in [0.25, 0.3) is 11.5 Å². The molecule has 1 aromatic heterocycles. The van der Waals surface area contributed by atoms with Crippen LogP contribution in [0.2, 0.25) is 0 Å². The van der Waals surface area contributed by atoms with Gasteiger partial charge in [-0.15, -0.1) is 12.4 Å². The molecule has 0 bridgehead atoms. The minimum atomic E-state index is -3.29. The van der Waals surface area contributed by atoms with Crippen molar-refractivity contribution in [2.45, 2.75) is 36.6 Å². The Morgan fingerprint density at radius 3 is 2.55 bits per heavy atom. The monoisotopic (exact) mass is 343 g/mol. The van der Waals surface area contributed by atoms with Gasteiger partial charge in [0, 0.05) is 11.8 Å². The molecule has 0 unspecified atom stereocenters. The SMILES string of the molecule is Cc1ccc(-c2nc(C3(N)CCC3)no2)cc1S(C)(=O)=O.Cl. The van der Waals surface area contributed by atoms with Gasteiger partial charge in [-0.1, -0.05) is 11.2 Å². The molecule has 0 atom stereocenters. The van der Waals surface area contributed by atoms with Crippen molar-refractivity contribution in [2.75, 3.05) is 6.26 Å². The summed E-state index contributed by atoms with van der Waals surface area (Å²) < 4.78 is 28.8. The molecular weight excluding hydrogens is 326 g/mol. The molecule has 0 aliphatic heterocycles. The molecule has 120 valence electrons. The van der Waals surface area contributed by atoms with E-state index in [0.29, 0.717) is 22.8 Å². The number of rotatable bonds is 3. The number of benzene rings is 1. The molecule has 2 aromatic rings. The van der Waals surface area contributed by atoms with Gasteiger partial charge in [0.25, 0.3) is 5.89 Å². The number of hydrogen-bond acceptors (Lipinski definition) is 6. The molecule has 1 aromatic carbocycles. The number of nitrogens with two attached hydrogens (primary N) is 1. The largest absolute Gasteiger partial charge is 0.334 e. The van der Waals surface area contributed by atoms with Crippen molar-refractivity contribution in [2.24, 2.45) is 5.73 Å². The third-order valence-electron chi connectivity index (χ3n) is 3.95. The molecule has 8 heteroatoms. The van der Waals surface area contributed by atoms with Gasteiger partial charge in [-0.2, -0.15) is 4.98 Å². The lowest BCUT2D eigenvalue weighted by Crippen LogP contribution is -2.44. The van der Waals surface area contributed by atoms with Crippen molar-refractivity contribution in [1.29, 1.82) is 0 Å². The summed E-state index contributed by atoms with van der Waals surface area (Å²) in [5.41, 5.74) is 6.94. The second-order valence-electron chi connectivity index (χ2n) is 5.69. The molecule has 1 fully saturated rings.